The lowest BCUT2D eigenvalue weighted by atomic mass is 10.1. The third-order valence-corrected chi connectivity index (χ3v) is 5.70. The summed E-state index contributed by atoms with van der Waals surface area (Å²) in [6.07, 6.45) is 9.99. The average Bonchev–Trinajstić information content (AvgIpc) is 2.75. The van der Waals surface area contributed by atoms with E-state index < -0.39 is 0 Å². The zero-order valence-corrected chi connectivity index (χ0v) is 20.4. The molecule has 0 unspecified atom stereocenters. The zero-order chi connectivity index (χ0) is 22.9. The summed E-state index contributed by atoms with van der Waals surface area (Å²) in [5, 5.41) is 3.11. The number of unbranched alkanes of at least 4 members (excludes halogenated alkanes) is 5. The maximum atomic E-state index is 13.3. The molecule has 5 nitrogen and oxygen atoms in total. The Labute approximate surface area is 190 Å². The van der Waals surface area contributed by atoms with Crippen LogP contribution in [-0.2, 0) is 9.59 Å². The van der Waals surface area contributed by atoms with Crippen molar-refractivity contribution in [2.24, 2.45) is 0 Å². The summed E-state index contributed by atoms with van der Waals surface area (Å²) < 4.78 is 0. The minimum Gasteiger partial charge on any atom is -0.311 e. The number of amides is 1. The first-order valence-electron chi connectivity index (χ1n) is 12.3. The van der Waals surface area contributed by atoms with Crippen molar-refractivity contribution in [3.8, 4) is 0 Å². The molecule has 0 aromatic heterocycles. The molecule has 0 aliphatic heterocycles. The first-order valence-corrected chi connectivity index (χ1v) is 12.3. The van der Waals surface area contributed by atoms with E-state index in [-0.39, 0.29) is 5.91 Å². The first-order chi connectivity index (χ1) is 15.0. The Balaban J connectivity index is 2.57. The minimum absolute atomic E-state index is 0.219. The number of carbonyl (C=O) groups excluding carboxylic acids is 2. The molecule has 31 heavy (non-hydrogen) atoms. The number of benzene rings is 1. The minimum atomic E-state index is 0.219. The van der Waals surface area contributed by atoms with E-state index in [1.807, 2.05) is 4.90 Å². The van der Waals surface area contributed by atoms with Gasteiger partial charge in [-0.15, -0.1) is 0 Å². The standard InChI is InChI=1S/C26H45N3O2/c1-5-7-19-28(20-12-10-8-9-11-16-27-17-21-30)22-25(31)29(18-6-2)26-23(3)14-13-15-24(26)4/h13-15,21,27H,5-12,16-20,22H2,1-4H3. The third-order valence-electron chi connectivity index (χ3n) is 5.70. The van der Waals surface area contributed by atoms with E-state index in [0.29, 0.717) is 13.1 Å². The fourth-order valence-corrected chi connectivity index (χ4v) is 4.02. The van der Waals surface area contributed by atoms with Crippen LogP contribution in [0.5, 0.6) is 0 Å². The normalized spacial score (nSPS) is 11.1. The largest absolute Gasteiger partial charge is 0.311 e. The van der Waals surface area contributed by atoms with Crippen molar-refractivity contribution in [2.75, 3.05) is 44.2 Å². The van der Waals surface area contributed by atoms with E-state index in [1.165, 1.54) is 30.4 Å². The van der Waals surface area contributed by atoms with Crippen LogP contribution in [0.3, 0.4) is 0 Å². The molecule has 0 atom stereocenters. The van der Waals surface area contributed by atoms with Gasteiger partial charge in [0.05, 0.1) is 13.1 Å². The number of nitrogens with one attached hydrogen (secondary N) is 1. The van der Waals surface area contributed by atoms with Crippen molar-refractivity contribution < 1.29 is 9.59 Å². The van der Waals surface area contributed by atoms with Crippen LogP contribution in [-0.4, -0.2) is 56.4 Å². The highest BCUT2D eigenvalue weighted by Gasteiger charge is 2.21. The van der Waals surface area contributed by atoms with Gasteiger partial charge in [0, 0.05) is 12.2 Å². The highest BCUT2D eigenvalue weighted by atomic mass is 16.2. The Bertz CT molecular complexity index is 613. The summed E-state index contributed by atoms with van der Waals surface area (Å²) in [6, 6.07) is 6.26. The van der Waals surface area contributed by atoms with Crippen molar-refractivity contribution >= 4 is 17.9 Å². The number of rotatable bonds is 18. The lowest BCUT2D eigenvalue weighted by Gasteiger charge is -2.29. The Morgan fingerprint density at radius 1 is 0.903 bits per heavy atom. The first kappa shape index (κ1) is 27.3. The Morgan fingerprint density at radius 2 is 1.55 bits per heavy atom. The number of aryl methyl sites for hydroxylation is 2. The number of nitrogens with zero attached hydrogens (tertiary/aromatic N) is 2. The van der Waals surface area contributed by atoms with E-state index >= 15 is 0 Å². The van der Waals surface area contributed by atoms with Crippen LogP contribution < -0.4 is 10.2 Å². The van der Waals surface area contributed by atoms with Crippen molar-refractivity contribution in [1.29, 1.82) is 0 Å². The number of anilines is 1. The Morgan fingerprint density at radius 3 is 2.19 bits per heavy atom. The lowest BCUT2D eigenvalue weighted by Crippen LogP contribution is -2.42. The highest BCUT2D eigenvalue weighted by Crippen LogP contribution is 2.25. The molecular weight excluding hydrogens is 386 g/mol. The van der Waals surface area contributed by atoms with Gasteiger partial charge in [-0.05, 0) is 70.3 Å². The molecule has 176 valence electrons. The molecule has 0 fully saturated rings. The molecule has 0 aliphatic carbocycles. The van der Waals surface area contributed by atoms with Crippen LogP contribution in [0, 0.1) is 13.8 Å². The molecule has 1 N–H and O–H groups in total. The van der Waals surface area contributed by atoms with Gasteiger partial charge in [-0.25, -0.2) is 0 Å². The van der Waals surface area contributed by atoms with Crippen molar-refractivity contribution in [2.45, 2.75) is 79.1 Å². The smallest absolute Gasteiger partial charge is 0.241 e. The van der Waals surface area contributed by atoms with Crippen LogP contribution in [0.25, 0.3) is 0 Å². The second-order valence-corrected chi connectivity index (χ2v) is 8.55. The van der Waals surface area contributed by atoms with E-state index in [1.54, 1.807) is 0 Å². The number of carbonyl (C=O) groups is 2. The topological polar surface area (TPSA) is 52.7 Å². The summed E-state index contributed by atoms with van der Waals surface area (Å²) in [5.74, 6) is 0.219. The molecule has 1 rings (SSSR count). The maximum Gasteiger partial charge on any atom is 0.241 e. The van der Waals surface area contributed by atoms with Crippen LogP contribution >= 0.6 is 0 Å². The van der Waals surface area contributed by atoms with Crippen molar-refractivity contribution in [1.82, 2.24) is 10.2 Å². The third kappa shape index (κ3) is 10.9. The van der Waals surface area contributed by atoms with Crippen LogP contribution in [0.15, 0.2) is 18.2 Å². The van der Waals surface area contributed by atoms with E-state index in [9.17, 15) is 9.59 Å². The van der Waals surface area contributed by atoms with Gasteiger partial charge in [-0.1, -0.05) is 57.7 Å². The molecule has 1 aromatic rings. The molecule has 0 heterocycles. The molecule has 0 radical (unpaired) electrons. The Kier molecular flexibility index (Phi) is 14.9. The molecule has 0 saturated heterocycles. The molecule has 0 saturated carbocycles. The van der Waals surface area contributed by atoms with Gasteiger partial charge >= 0.3 is 0 Å². The second-order valence-electron chi connectivity index (χ2n) is 8.55. The van der Waals surface area contributed by atoms with Crippen LogP contribution in [0.4, 0.5) is 5.69 Å². The summed E-state index contributed by atoms with van der Waals surface area (Å²) in [6.45, 7) is 13.2. The second kappa shape index (κ2) is 16.9. The fraction of sp³-hybridized carbons (Fsp3) is 0.692. The van der Waals surface area contributed by atoms with E-state index in [0.717, 1.165) is 70.3 Å². The number of para-hydroxylation sites is 1. The molecule has 5 heteroatoms. The van der Waals surface area contributed by atoms with E-state index in [4.69, 9.17) is 0 Å². The summed E-state index contributed by atoms with van der Waals surface area (Å²) in [4.78, 5) is 28.0. The van der Waals surface area contributed by atoms with Crippen LogP contribution in [0.2, 0.25) is 0 Å². The Hall–Kier alpha value is -1.72. The molecular formula is C26H45N3O2. The van der Waals surface area contributed by atoms with Crippen molar-refractivity contribution in [3.05, 3.63) is 29.3 Å². The quantitative estimate of drug-likeness (QED) is 0.266. The summed E-state index contributed by atoms with van der Waals surface area (Å²) >= 11 is 0. The van der Waals surface area contributed by atoms with Gasteiger partial charge in [-0.3, -0.25) is 9.69 Å². The summed E-state index contributed by atoms with van der Waals surface area (Å²) in [7, 11) is 0. The van der Waals surface area contributed by atoms with Gasteiger partial charge in [0.1, 0.15) is 6.29 Å². The monoisotopic (exact) mass is 431 g/mol. The molecule has 0 bridgehead atoms. The van der Waals surface area contributed by atoms with Crippen LogP contribution in [0.1, 0.15) is 76.3 Å². The van der Waals surface area contributed by atoms with Gasteiger partial charge in [0.15, 0.2) is 0 Å². The zero-order valence-electron chi connectivity index (χ0n) is 20.4. The average molecular weight is 432 g/mol. The number of aldehydes is 1. The lowest BCUT2D eigenvalue weighted by molar-refractivity contribution is -0.119. The van der Waals surface area contributed by atoms with Gasteiger partial charge in [0.2, 0.25) is 5.91 Å². The maximum absolute atomic E-state index is 13.3. The number of hydrogen-bond donors (Lipinski definition) is 1. The predicted molar refractivity (Wildman–Crippen MR) is 132 cm³/mol. The molecule has 0 aliphatic rings. The number of hydrogen-bond acceptors (Lipinski definition) is 4. The van der Waals surface area contributed by atoms with E-state index in [2.05, 4.69) is 56.1 Å². The fourth-order valence-electron chi connectivity index (χ4n) is 4.02. The predicted octanol–water partition coefficient (Wildman–Crippen LogP) is 4.89. The van der Waals surface area contributed by atoms with Gasteiger partial charge in [0.25, 0.3) is 0 Å². The summed E-state index contributed by atoms with van der Waals surface area (Å²) in [5.41, 5.74) is 3.43. The highest BCUT2D eigenvalue weighted by molar-refractivity contribution is 5.96. The molecule has 0 spiro atoms. The van der Waals surface area contributed by atoms with Gasteiger partial charge < -0.3 is 15.0 Å². The molecule has 1 aromatic carbocycles. The molecule has 1 amide bonds. The van der Waals surface area contributed by atoms with Gasteiger partial charge in [-0.2, -0.15) is 0 Å². The SMILES string of the molecule is CCCCN(CCCCCCCNCC=O)CC(=O)N(CCC)c1c(C)cccc1C. The van der Waals surface area contributed by atoms with Crippen molar-refractivity contribution in [3.63, 3.8) is 0 Å².